The molecule has 0 fully saturated rings. The highest BCUT2D eigenvalue weighted by molar-refractivity contribution is 7.45. The van der Waals surface area contributed by atoms with E-state index in [9.17, 15) is 9.77 Å². The molecule has 0 unspecified atom stereocenters. The molecule has 0 aliphatic heterocycles. The van der Waals surface area contributed by atoms with Gasteiger partial charge >= 0.3 is 7.75 Å². The monoisotopic (exact) mass is 141 g/mol. The standard InChI is InChI=1S/C2H8NO4P/c1-3(2,4)8(5,6)7/h1-2H3,(H2,5,6,7). The van der Waals surface area contributed by atoms with E-state index >= 15 is 0 Å². The van der Waals surface area contributed by atoms with Crippen LogP contribution in [0.3, 0.4) is 0 Å². The third kappa shape index (κ3) is 1.90. The van der Waals surface area contributed by atoms with E-state index in [2.05, 4.69) is 0 Å². The largest absolute Gasteiger partial charge is 0.627 e. The summed E-state index contributed by atoms with van der Waals surface area (Å²) in [5.74, 6) is 0. The van der Waals surface area contributed by atoms with Crippen molar-refractivity contribution in [2.24, 2.45) is 0 Å². The summed E-state index contributed by atoms with van der Waals surface area (Å²) in [6.07, 6.45) is 0. The first-order valence-corrected chi connectivity index (χ1v) is 3.42. The zero-order valence-corrected chi connectivity index (χ0v) is 5.50. The quantitative estimate of drug-likeness (QED) is 0.386. The van der Waals surface area contributed by atoms with Crippen molar-refractivity contribution >= 4 is 7.75 Å². The average Bonchev–Trinajstić information content (AvgIpc) is 1.25. The Kier molecular flexibility index (Phi) is 1.80. The second-order valence-corrected chi connectivity index (χ2v) is 3.80. The van der Waals surface area contributed by atoms with E-state index in [1.807, 2.05) is 0 Å². The predicted molar refractivity (Wildman–Crippen MR) is 27.5 cm³/mol. The highest BCUT2D eigenvalue weighted by Gasteiger charge is 2.28. The van der Waals surface area contributed by atoms with Crippen LogP contribution >= 0.6 is 7.75 Å². The number of nitrogens with zero attached hydrogens (tertiary/aromatic N) is 1. The van der Waals surface area contributed by atoms with Crippen LogP contribution in [0, 0.1) is 5.21 Å². The lowest BCUT2D eigenvalue weighted by Gasteiger charge is -2.32. The van der Waals surface area contributed by atoms with Crippen molar-refractivity contribution in [2.45, 2.75) is 0 Å². The molecule has 50 valence electrons. The molecule has 8 heavy (non-hydrogen) atoms. The van der Waals surface area contributed by atoms with Gasteiger partial charge in [-0.05, 0) is 0 Å². The normalized spacial score (nSPS) is 14.1. The second-order valence-electron chi connectivity index (χ2n) is 1.81. The third-order valence-electron chi connectivity index (χ3n) is 0.627. The lowest BCUT2D eigenvalue weighted by atomic mass is 11.2. The van der Waals surface area contributed by atoms with Crippen LogP contribution in [0.1, 0.15) is 0 Å². The lowest BCUT2D eigenvalue weighted by Crippen LogP contribution is -2.27. The second kappa shape index (κ2) is 1.79. The molecule has 0 aliphatic carbocycles. The van der Waals surface area contributed by atoms with E-state index in [1.165, 1.54) is 0 Å². The predicted octanol–water partition coefficient (Wildman–Crippen LogP) is -0.347. The van der Waals surface area contributed by atoms with Crippen molar-refractivity contribution in [1.29, 1.82) is 0 Å². The van der Waals surface area contributed by atoms with Crippen LogP contribution in [-0.4, -0.2) is 28.3 Å². The van der Waals surface area contributed by atoms with Gasteiger partial charge < -0.3 is 5.21 Å². The molecular formula is C2H8NO4P. The maximum Gasteiger partial charge on any atom is 0.526 e. The summed E-state index contributed by atoms with van der Waals surface area (Å²) in [7, 11) is -2.69. The molecule has 2 N–H and O–H groups in total. The fourth-order valence-corrected chi connectivity index (χ4v) is 0. The Morgan fingerprint density at radius 3 is 1.62 bits per heavy atom. The van der Waals surface area contributed by atoms with E-state index in [-0.39, 0.29) is 0 Å². The number of hydrogen-bond acceptors (Lipinski definition) is 2. The number of hydrogen-bond donors (Lipinski definition) is 2. The Bertz CT molecular complexity index is 120. The zero-order valence-electron chi connectivity index (χ0n) is 4.61. The van der Waals surface area contributed by atoms with Crippen molar-refractivity contribution in [3.05, 3.63) is 5.21 Å². The van der Waals surface area contributed by atoms with Crippen LogP contribution in [0.15, 0.2) is 0 Å². The summed E-state index contributed by atoms with van der Waals surface area (Å²) >= 11 is 0. The molecule has 0 amide bonds. The first-order valence-electron chi connectivity index (χ1n) is 1.86. The van der Waals surface area contributed by atoms with Crippen LogP contribution < -0.4 is 0 Å². The SMILES string of the molecule is C[N+](C)([O-])P(=O)(O)O. The Morgan fingerprint density at radius 2 is 1.62 bits per heavy atom. The molecular weight excluding hydrogens is 133 g/mol. The Morgan fingerprint density at radius 1 is 1.50 bits per heavy atom. The fraction of sp³-hybridized carbons (Fsp3) is 1.00. The highest BCUT2D eigenvalue weighted by Crippen LogP contribution is 2.43. The average molecular weight is 141 g/mol. The molecule has 0 atom stereocenters. The Labute approximate surface area is 46.9 Å². The number of hydroxylamine groups is 2. The smallest absolute Gasteiger partial charge is 0.526 e. The maximum absolute atomic E-state index is 10.3. The van der Waals surface area contributed by atoms with E-state index in [1.54, 1.807) is 0 Å². The van der Waals surface area contributed by atoms with Crippen molar-refractivity contribution in [3.63, 3.8) is 0 Å². The molecule has 0 bridgehead atoms. The van der Waals surface area contributed by atoms with Gasteiger partial charge in [0.15, 0.2) is 0 Å². The van der Waals surface area contributed by atoms with Gasteiger partial charge in [-0.1, -0.05) is 0 Å². The van der Waals surface area contributed by atoms with Crippen LogP contribution in [0.25, 0.3) is 0 Å². The van der Waals surface area contributed by atoms with Crippen molar-refractivity contribution in [3.8, 4) is 0 Å². The summed E-state index contributed by atoms with van der Waals surface area (Å²) in [5, 5.41) is 10.3. The zero-order chi connectivity index (χ0) is 7.00. The molecule has 0 spiro atoms. The third-order valence-corrected chi connectivity index (χ3v) is 1.88. The van der Waals surface area contributed by atoms with Crippen molar-refractivity contribution in [2.75, 3.05) is 14.1 Å². The molecule has 0 radical (unpaired) electrons. The van der Waals surface area contributed by atoms with Gasteiger partial charge in [0, 0.05) is 0 Å². The van der Waals surface area contributed by atoms with E-state index in [0.29, 0.717) is 0 Å². The summed E-state index contributed by atoms with van der Waals surface area (Å²) in [4.78, 5) is 16.2. The van der Waals surface area contributed by atoms with Gasteiger partial charge in [-0.15, -0.1) is 0 Å². The molecule has 0 aromatic carbocycles. The molecule has 0 saturated heterocycles. The molecule has 0 rings (SSSR count). The minimum atomic E-state index is -4.47. The first kappa shape index (κ1) is 8.07. The summed E-state index contributed by atoms with van der Waals surface area (Å²) in [6, 6.07) is 0. The van der Waals surface area contributed by atoms with E-state index < -0.39 is 12.2 Å². The molecule has 0 aromatic rings. The molecule has 6 heteroatoms. The summed E-state index contributed by atoms with van der Waals surface area (Å²) in [6.45, 7) is 0. The maximum atomic E-state index is 10.3. The van der Waals surface area contributed by atoms with Crippen molar-refractivity contribution < 1.29 is 18.8 Å². The topological polar surface area (TPSA) is 80.6 Å². The molecule has 0 heterocycles. The van der Waals surface area contributed by atoms with Crippen LogP contribution in [0.4, 0.5) is 0 Å². The van der Waals surface area contributed by atoms with E-state index in [0.717, 1.165) is 14.1 Å². The summed E-state index contributed by atoms with van der Waals surface area (Å²) < 4.78 is 8.44. The molecule has 0 aliphatic rings. The van der Waals surface area contributed by atoms with Gasteiger partial charge in [0.25, 0.3) is 0 Å². The lowest BCUT2D eigenvalue weighted by molar-refractivity contribution is -0.725. The minimum absolute atomic E-state index is 0.890. The van der Waals surface area contributed by atoms with Gasteiger partial charge in [0.1, 0.15) is 0 Å². The van der Waals surface area contributed by atoms with E-state index in [4.69, 9.17) is 9.79 Å². The fourth-order valence-electron chi connectivity index (χ4n) is 0. The van der Waals surface area contributed by atoms with Gasteiger partial charge in [0.2, 0.25) is 0 Å². The first-order chi connectivity index (χ1) is 3.25. The number of quaternary nitrogens is 1. The van der Waals surface area contributed by atoms with Crippen molar-refractivity contribution in [1.82, 2.24) is 0 Å². The molecule has 5 nitrogen and oxygen atoms in total. The van der Waals surface area contributed by atoms with Crippen LogP contribution in [0.5, 0.6) is 0 Å². The van der Waals surface area contributed by atoms with Gasteiger partial charge in [-0.2, -0.15) is 0 Å². The van der Waals surface area contributed by atoms with Gasteiger partial charge in [-0.25, -0.2) is 4.57 Å². The van der Waals surface area contributed by atoms with Crippen LogP contribution in [0.2, 0.25) is 0 Å². The molecule has 0 aromatic heterocycles. The van der Waals surface area contributed by atoms with Gasteiger partial charge in [-0.3, -0.25) is 14.2 Å². The highest BCUT2D eigenvalue weighted by atomic mass is 31.2. The van der Waals surface area contributed by atoms with Crippen LogP contribution in [-0.2, 0) is 4.57 Å². The Balaban J connectivity index is 4.26. The van der Waals surface area contributed by atoms with Gasteiger partial charge in [0.05, 0.1) is 14.1 Å². The summed E-state index contributed by atoms with van der Waals surface area (Å²) in [5.41, 5.74) is 0. The molecule has 0 saturated carbocycles. The minimum Gasteiger partial charge on any atom is -0.627 e. The Hall–Kier alpha value is 0.0700. The number of rotatable bonds is 1.